The zero-order valence-electron chi connectivity index (χ0n) is 23.6. The van der Waals surface area contributed by atoms with E-state index in [4.69, 9.17) is 9.47 Å². The predicted octanol–water partition coefficient (Wildman–Crippen LogP) is 8.41. The highest BCUT2D eigenvalue weighted by molar-refractivity contribution is 6.02. The molecule has 40 heavy (non-hydrogen) atoms. The minimum Gasteiger partial charge on any atom is -0.496 e. The van der Waals surface area contributed by atoms with Gasteiger partial charge in [-0.25, -0.2) is 9.59 Å². The largest absolute Gasteiger partial charge is 0.496 e. The number of rotatable bonds is 7. The van der Waals surface area contributed by atoms with Crippen LogP contribution in [0.1, 0.15) is 47.8 Å². The Morgan fingerprint density at radius 1 is 0.750 bits per heavy atom. The highest BCUT2D eigenvalue weighted by atomic mass is 16.5. The molecule has 0 radical (unpaired) electrons. The number of carbonyl (C=O) groups excluding carboxylic acids is 1. The molecule has 0 saturated heterocycles. The number of hydrogen-bond donors (Lipinski definition) is 3. The molecule has 0 unspecified atom stereocenters. The minimum absolute atomic E-state index is 0.0432. The number of urea groups is 1. The van der Waals surface area contributed by atoms with Gasteiger partial charge in [0, 0.05) is 11.3 Å². The Morgan fingerprint density at radius 2 is 1.40 bits per heavy atom. The van der Waals surface area contributed by atoms with Crippen molar-refractivity contribution in [2.45, 2.75) is 40.0 Å². The number of amides is 2. The van der Waals surface area contributed by atoms with Crippen molar-refractivity contribution in [3.8, 4) is 28.4 Å². The smallest absolute Gasteiger partial charge is 0.339 e. The summed E-state index contributed by atoms with van der Waals surface area (Å²) in [5.41, 5.74) is 5.42. The van der Waals surface area contributed by atoms with Crippen molar-refractivity contribution in [3.63, 3.8) is 0 Å². The highest BCUT2D eigenvalue weighted by Gasteiger charge is 2.21. The van der Waals surface area contributed by atoms with E-state index in [1.807, 2.05) is 62.4 Å². The number of nitrogens with one attached hydrogen (secondary N) is 2. The second-order valence-corrected chi connectivity index (χ2v) is 10.6. The molecule has 0 spiro atoms. The number of benzene rings is 4. The van der Waals surface area contributed by atoms with Crippen LogP contribution in [0.2, 0.25) is 0 Å². The maximum atomic E-state index is 13.2. The number of para-hydroxylation sites is 1. The monoisotopic (exact) mass is 538 g/mol. The number of hydrogen-bond acceptors (Lipinski definition) is 4. The van der Waals surface area contributed by atoms with E-state index in [1.165, 1.54) is 7.11 Å². The number of aryl methyl sites for hydroxylation is 1. The molecule has 7 heteroatoms. The molecule has 2 amide bonds. The molecule has 0 fully saturated rings. The quantitative estimate of drug-likeness (QED) is 0.219. The molecule has 0 aromatic heterocycles. The number of methoxy groups -OCH3 is 1. The lowest BCUT2D eigenvalue weighted by molar-refractivity contribution is 0.0693. The van der Waals surface area contributed by atoms with Crippen LogP contribution in [0.15, 0.2) is 78.9 Å². The van der Waals surface area contributed by atoms with E-state index in [1.54, 1.807) is 30.3 Å². The number of carboxylic acids is 1. The predicted molar refractivity (Wildman–Crippen MR) is 159 cm³/mol. The molecule has 4 rings (SSSR count). The molecule has 3 N–H and O–H groups in total. The molecule has 0 bridgehead atoms. The molecule has 7 nitrogen and oxygen atoms in total. The van der Waals surface area contributed by atoms with Crippen molar-refractivity contribution in [1.82, 2.24) is 0 Å². The van der Waals surface area contributed by atoms with Crippen LogP contribution in [0.25, 0.3) is 11.1 Å². The van der Waals surface area contributed by atoms with Crippen LogP contribution in [-0.4, -0.2) is 24.2 Å². The van der Waals surface area contributed by atoms with E-state index in [9.17, 15) is 14.7 Å². The standard InChI is InChI=1S/C33H34N2O5/c1-20-10-9-12-26(21(20)2)34-32(38)35-27-19-23(22-14-16-28(39-6)24(18-22)31(36)37)15-17-30(27)40-29-13-8-7-11-25(29)33(3,4)5/h7-19H,1-6H3,(H,36,37)(H2,34,35,38). The molecular weight excluding hydrogens is 504 g/mol. The lowest BCUT2D eigenvalue weighted by Gasteiger charge is -2.23. The Bertz CT molecular complexity index is 1570. The van der Waals surface area contributed by atoms with Crippen molar-refractivity contribution < 1.29 is 24.2 Å². The lowest BCUT2D eigenvalue weighted by atomic mass is 9.86. The molecule has 0 atom stereocenters. The summed E-state index contributed by atoms with van der Waals surface area (Å²) in [6, 6.07) is 23.4. The van der Waals surface area contributed by atoms with E-state index in [2.05, 4.69) is 31.4 Å². The van der Waals surface area contributed by atoms with Crippen LogP contribution in [0.3, 0.4) is 0 Å². The number of anilines is 2. The van der Waals surface area contributed by atoms with E-state index in [-0.39, 0.29) is 16.7 Å². The minimum atomic E-state index is -1.09. The summed E-state index contributed by atoms with van der Waals surface area (Å²) in [7, 11) is 1.43. The molecule has 0 heterocycles. The van der Waals surface area contributed by atoms with Crippen molar-refractivity contribution in [3.05, 3.63) is 101 Å². The molecule has 0 aliphatic heterocycles. The van der Waals surface area contributed by atoms with Gasteiger partial charge in [0.25, 0.3) is 0 Å². The maximum Gasteiger partial charge on any atom is 0.339 e. The van der Waals surface area contributed by atoms with Crippen molar-refractivity contribution in [1.29, 1.82) is 0 Å². The first kappa shape index (κ1) is 28.2. The second-order valence-electron chi connectivity index (χ2n) is 10.6. The van der Waals surface area contributed by atoms with Crippen LogP contribution < -0.4 is 20.1 Å². The molecule has 0 aliphatic rings. The van der Waals surface area contributed by atoms with E-state index in [0.29, 0.717) is 34.0 Å². The van der Waals surface area contributed by atoms with Crippen LogP contribution in [0.5, 0.6) is 17.2 Å². The van der Waals surface area contributed by atoms with Crippen molar-refractivity contribution >= 4 is 23.4 Å². The summed E-state index contributed by atoms with van der Waals surface area (Å²) in [4.78, 5) is 25.0. The van der Waals surface area contributed by atoms with Crippen LogP contribution in [0.4, 0.5) is 16.2 Å². The Balaban J connectivity index is 1.75. The third-order valence-electron chi connectivity index (χ3n) is 6.76. The lowest BCUT2D eigenvalue weighted by Crippen LogP contribution is -2.20. The van der Waals surface area contributed by atoms with E-state index < -0.39 is 12.0 Å². The van der Waals surface area contributed by atoms with Crippen LogP contribution in [0, 0.1) is 13.8 Å². The highest BCUT2D eigenvalue weighted by Crippen LogP contribution is 2.39. The Labute approximate surface area is 234 Å². The molecular formula is C33H34N2O5. The van der Waals surface area contributed by atoms with E-state index >= 15 is 0 Å². The van der Waals surface area contributed by atoms with Gasteiger partial charge in [-0.2, -0.15) is 0 Å². The first-order valence-electron chi connectivity index (χ1n) is 12.9. The summed E-state index contributed by atoms with van der Waals surface area (Å²) < 4.78 is 11.6. The number of carboxylic acid groups (broad SMARTS) is 1. The maximum absolute atomic E-state index is 13.2. The van der Waals surface area contributed by atoms with Crippen LogP contribution in [-0.2, 0) is 5.41 Å². The first-order chi connectivity index (χ1) is 19.0. The first-order valence-corrected chi connectivity index (χ1v) is 12.9. The van der Waals surface area contributed by atoms with Gasteiger partial charge in [-0.15, -0.1) is 0 Å². The molecule has 206 valence electrons. The average molecular weight is 539 g/mol. The van der Waals surface area contributed by atoms with Gasteiger partial charge in [-0.3, -0.25) is 0 Å². The fourth-order valence-electron chi connectivity index (χ4n) is 4.41. The van der Waals surface area contributed by atoms with Gasteiger partial charge >= 0.3 is 12.0 Å². The topological polar surface area (TPSA) is 96.9 Å². The molecule has 4 aromatic rings. The summed E-state index contributed by atoms with van der Waals surface area (Å²) in [6.45, 7) is 10.3. The van der Waals surface area contributed by atoms with Gasteiger partial charge in [-0.05, 0) is 77.9 Å². The molecule has 4 aromatic carbocycles. The van der Waals surface area contributed by atoms with Gasteiger partial charge in [0.2, 0.25) is 0 Å². The Hall–Kier alpha value is -4.78. The molecule has 0 saturated carbocycles. The van der Waals surface area contributed by atoms with E-state index in [0.717, 1.165) is 16.7 Å². The average Bonchev–Trinajstić information content (AvgIpc) is 2.91. The number of ether oxygens (including phenoxy) is 2. The fraction of sp³-hybridized carbons (Fsp3) is 0.212. The van der Waals surface area contributed by atoms with Crippen LogP contribution >= 0.6 is 0 Å². The van der Waals surface area contributed by atoms with Crippen molar-refractivity contribution in [2.24, 2.45) is 0 Å². The van der Waals surface area contributed by atoms with Gasteiger partial charge in [0.05, 0.1) is 12.8 Å². The van der Waals surface area contributed by atoms with Gasteiger partial charge in [0.1, 0.15) is 17.1 Å². The second kappa shape index (κ2) is 11.5. The Kier molecular flexibility index (Phi) is 8.14. The Morgan fingerprint density at radius 3 is 2.08 bits per heavy atom. The zero-order valence-corrected chi connectivity index (χ0v) is 23.6. The number of carbonyl (C=O) groups is 2. The third-order valence-corrected chi connectivity index (χ3v) is 6.76. The SMILES string of the molecule is COc1ccc(-c2ccc(Oc3ccccc3C(C)(C)C)c(NC(=O)Nc3cccc(C)c3C)c2)cc1C(=O)O. The van der Waals surface area contributed by atoms with Gasteiger partial charge < -0.3 is 25.2 Å². The number of aromatic carboxylic acids is 1. The van der Waals surface area contributed by atoms with Crippen molar-refractivity contribution in [2.75, 3.05) is 17.7 Å². The fourth-order valence-corrected chi connectivity index (χ4v) is 4.41. The third kappa shape index (κ3) is 6.26. The molecule has 0 aliphatic carbocycles. The summed E-state index contributed by atoms with van der Waals surface area (Å²) in [6.07, 6.45) is 0. The summed E-state index contributed by atoms with van der Waals surface area (Å²) >= 11 is 0. The summed E-state index contributed by atoms with van der Waals surface area (Å²) in [5, 5.41) is 15.5. The summed E-state index contributed by atoms with van der Waals surface area (Å²) in [5.74, 6) is 0.298. The van der Waals surface area contributed by atoms with Gasteiger partial charge in [-0.1, -0.05) is 63.2 Å². The zero-order chi connectivity index (χ0) is 29.0. The van der Waals surface area contributed by atoms with Gasteiger partial charge in [0.15, 0.2) is 5.75 Å². The normalized spacial score (nSPS) is 11.1.